The Morgan fingerprint density at radius 3 is 2.92 bits per heavy atom. The molecule has 4 rings (SSSR count). The Morgan fingerprint density at radius 2 is 2.12 bits per heavy atom. The molecule has 1 fully saturated rings. The fourth-order valence-electron chi connectivity index (χ4n) is 3.58. The van der Waals surface area contributed by atoms with Crippen LogP contribution in [0.25, 0.3) is 10.9 Å². The number of hydrogen-bond acceptors (Lipinski definition) is 2. The Labute approximate surface area is 145 Å². The molecule has 2 aromatic heterocycles. The summed E-state index contributed by atoms with van der Waals surface area (Å²) in [5.74, 6) is 0.199. The zero-order valence-electron chi connectivity index (χ0n) is 14.2. The zero-order valence-corrected chi connectivity index (χ0v) is 14.2. The van der Waals surface area contributed by atoms with E-state index in [9.17, 15) is 9.18 Å². The van der Waals surface area contributed by atoms with Crippen molar-refractivity contribution in [2.75, 3.05) is 13.1 Å². The molecule has 4 nitrogen and oxygen atoms in total. The zero-order chi connectivity index (χ0) is 17.4. The summed E-state index contributed by atoms with van der Waals surface area (Å²) < 4.78 is 15.3. The quantitative estimate of drug-likeness (QED) is 0.734. The van der Waals surface area contributed by atoms with E-state index in [2.05, 4.69) is 15.6 Å². The Kier molecular flexibility index (Phi) is 3.99. The van der Waals surface area contributed by atoms with Crippen molar-refractivity contribution in [3.05, 3.63) is 65.9 Å². The number of pyridine rings is 1. The molecule has 3 aromatic rings. The van der Waals surface area contributed by atoms with Gasteiger partial charge in [0.1, 0.15) is 5.82 Å². The minimum absolute atomic E-state index is 0.0619. The average molecular weight is 337 g/mol. The van der Waals surface area contributed by atoms with Crippen molar-refractivity contribution in [1.82, 2.24) is 14.5 Å². The Balaban J connectivity index is 1.37. The SMILES string of the molecule is Cn1ccc2ccnc(CC3CN(C(=O)Cc4cccc(F)c4)C3)c21. The molecule has 3 heterocycles. The molecule has 0 atom stereocenters. The average Bonchev–Trinajstić information content (AvgIpc) is 2.92. The lowest BCUT2D eigenvalue weighted by atomic mass is 9.93. The summed E-state index contributed by atoms with van der Waals surface area (Å²) >= 11 is 0. The van der Waals surface area contributed by atoms with E-state index in [4.69, 9.17) is 0 Å². The van der Waals surface area contributed by atoms with Crippen LogP contribution >= 0.6 is 0 Å². The van der Waals surface area contributed by atoms with Gasteiger partial charge in [-0.3, -0.25) is 9.78 Å². The largest absolute Gasteiger partial charge is 0.349 e. The number of likely N-dealkylation sites (tertiary alicyclic amines) is 1. The molecule has 5 heteroatoms. The molecule has 0 unspecified atom stereocenters. The monoisotopic (exact) mass is 337 g/mol. The second kappa shape index (κ2) is 6.31. The van der Waals surface area contributed by atoms with Gasteiger partial charge in [-0.2, -0.15) is 0 Å². The van der Waals surface area contributed by atoms with Gasteiger partial charge in [-0.25, -0.2) is 4.39 Å². The van der Waals surface area contributed by atoms with Crippen molar-refractivity contribution < 1.29 is 9.18 Å². The summed E-state index contributed by atoms with van der Waals surface area (Å²) in [5, 5.41) is 1.20. The Morgan fingerprint density at radius 1 is 1.28 bits per heavy atom. The third kappa shape index (κ3) is 3.14. The van der Waals surface area contributed by atoms with Crippen LogP contribution in [0, 0.1) is 11.7 Å². The van der Waals surface area contributed by atoms with Crippen molar-refractivity contribution >= 4 is 16.8 Å². The van der Waals surface area contributed by atoms with Crippen LogP contribution in [-0.4, -0.2) is 33.4 Å². The number of amides is 1. The fraction of sp³-hybridized carbons (Fsp3) is 0.300. The molecule has 0 bridgehead atoms. The highest BCUT2D eigenvalue weighted by molar-refractivity contribution is 5.82. The minimum atomic E-state index is -0.298. The van der Waals surface area contributed by atoms with E-state index in [0.717, 1.165) is 30.8 Å². The van der Waals surface area contributed by atoms with E-state index in [-0.39, 0.29) is 18.1 Å². The van der Waals surface area contributed by atoms with Crippen molar-refractivity contribution in [3.8, 4) is 0 Å². The molecule has 0 N–H and O–H groups in total. The summed E-state index contributed by atoms with van der Waals surface area (Å²) in [7, 11) is 2.03. The number of nitrogens with zero attached hydrogens (tertiary/aromatic N) is 3. The molecule has 0 radical (unpaired) electrons. The standard InChI is InChI=1S/C20H20FN3O/c1-23-8-6-16-5-7-22-18(20(16)23)10-15-12-24(13-15)19(25)11-14-3-2-4-17(21)9-14/h2-9,15H,10-13H2,1H3. The van der Waals surface area contributed by atoms with E-state index < -0.39 is 0 Å². The van der Waals surface area contributed by atoms with Gasteiger partial charge in [-0.15, -0.1) is 0 Å². The molecule has 1 aliphatic rings. The number of aromatic nitrogens is 2. The van der Waals surface area contributed by atoms with Gasteiger partial charge in [-0.1, -0.05) is 12.1 Å². The summed E-state index contributed by atoms with van der Waals surface area (Å²) in [4.78, 5) is 18.7. The molecule has 0 spiro atoms. The summed E-state index contributed by atoms with van der Waals surface area (Å²) in [6.45, 7) is 1.49. The van der Waals surface area contributed by atoms with Gasteiger partial charge in [-0.05, 0) is 42.2 Å². The van der Waals surface area contributed by atoms with Crippen LogP contribution < -0.4 is 0 Å². The molecule has 25 heavy (non-hydrogen) atoms. The predicted molar refractivity (Wildman–Crippen MR) is 94.6 cm³/mol. The van der Waals surface area contributed by atoms with Gasteiger partial charge in [0.25, 0.3) is 0 Å². The highest BCUT2D eigenvalue weighted by Crippen LogP contribution is 2.25. The van der Waals surface area contributed by atoms with Crippen LogP contribution in [0.4, 0.5) is 4.39 Å². The van der Waals surface area contributed by atoms with Crippen LogP contribution in [0.3, 0.4) is 0 Å². The van der Waals surface area contributed by atoms with Crippen LogP contribution in [0.2, 0.25) is 0 Å². The van der Waals surface area contributed by atoms with Crippen LogP contribution in [0.5, 0.6) is 0 Å². The topological polar surface area (TPSA) is 38.1 Å². The summed E-state index contributed by atoms with van der Waals surface area (Å²) in [6, 6.07) is 10.4. The van der Waals surface area contributed by atoms with E-state index in [1.807, 2.05) is 30.4 Å². The van der Waals surface area contributed by atoms with Crippen LogP contribution in [0.15, 0.2) is 48.8 Å². The van der Waals surface area contributed by atoms with Crippen molar-refractivity contribution in [1.29, 1.82) is 0 Å². The molecular weight excluding hydrogens is 317 g/mol. The highest BCUT2D eigenvalue weighted by atomic mass is 19.1. The van der Waals surface area contributed by atoms with E-state index in [0.29, 0.717) is 5.92 Å². The number of carbonyl (C=O) groups is 1. The number of rotatable bonds is 4. The van der Waals surface area contributed by atoms with Gasteiger partial charge in [0, 0.05) is 37.9 Å². The van der Waals surface area contributed by atoms with Crippen LogP contribution in [-0.2, 0) is 24.7 Å². The number of hydrogen-bond donors (Lipinski definition) is 0. The minimum Gasteiger partial charge on any atom is -0.349 e. The molecule has 0 aliphatic carbocycles. The van der Waals surface area contributed by atoms with E-state index in [1.165, 1.54) is 23.0 Å². The molecule has 128 valence electrons. The fourth-order valence-corrected chi connectivity index (χ4v) is 3.58. The molecule has 1 aliphatic heterocycles. The normalized spacial score (nSPS) is 14.7. The molecular formula is C20H20FN3O. The summed E-state index contributed by atoms with van der Waals surface area (Å²) in [6.07, 6.45) is 5.03. The lowest BCUT2D eigenvalue weighted by molar-refractivity contribution is -0.136. The Bertz CT molecular complexity index is 928. The maximum atomic E-state index is 13.2. The second-order valence-corrected chi connectivity index (χ2v) is 6.80. The first kappa shape index (κ1) is 15.8. The van der Waals surface area contributed by atoms with Crippen molar-refractivity contribution in [2.24, 2.45) is 13.0 Å². The molecule has 1 aromatic carbocycles. The van der Waals surface area contributed by atoms with E-state index >= 15 is 0 Å². The number of benzene rings is 1. The number of halogens is 1. The van der Waals surface area contributed by atoms with Gasteiger partial charge in [0.05, 0.1) is 17.6 Å². The predicted octanol–water partition coefficient (Wildman–Crippen LogP) is 2.96. The van der Waals surface area contributed by atoms with Crippen LogP contribution in [0.1, 0.15) is 11.3 Å². The van der Waals surface area contributed by atoms with Gasteiger partial charge < -0.3 is 9.47 Å². The van der Waals surface area contributed by atoms with Gasteiger partial charge in [0.15, 0.2) is 0 Å². The smallest absolute Gasteiger partial charge is 0.227 e. The number of fused-ring (bicyclic) bond motifs is 1. The van der Waals surface area contributed by atoms with Crippen molar-refractivity contribution in [3.63, 3.8) is 0 Å². The van der Waals surface area contributed by atoms with Gasteiger partial charge in [0.2, 0.25) is 5.91 Å². The second-order valence-electron chi connectivity index (χ2n) is 6.80. The highest BCUT2D eigenvalue weighted by Gasteiger charge is 2.31. The molecule has 0 saturated carbocycles. The first-order chi connectivity index (χ1) is 12.1. The van der Waals surface area contributed by atoms with Crippen molar-refractivity contribution in [2.45, 2.75) is 12.8 Å². The first-order valence-electron chi connectivity index (χ1n) is 8.51. The maximum absolute atomic E-state index is 13.2. The van der Waals surface area contributed by atoms with E-state index in [1.54, 1.807) is 12.1 Å². The molecule has 1 saturated heterocycles. The Hall–Kier alpha value is -2.69. The third-order valence-corrected chi connectivity index (χ3v) is 4.90. The van der Waals surface area contributed by atoms with Gasteiger partial charge >= 0.3 is 0 Å². The maximum Gasteiger partial charge on any atom is 0.227 e. The first-order valence-corrected chi connectivity index (χ1v) is 8.51. The molecule has 1 amide bonds. The number of carbonyl (C=O) groups excluding carboxylic acids is 1. The lowest BCUT2D eigenvalue weighted by Crippen LogP contribution is -2.51. The summed E-state index contributed by atoms with van der Waals surface area (Å²) in [5.41, 5.74) is 2.99. The third-order valence-electron chi connectivity index (χ3n) is 4.90. The lowest BCUT2D eigenvalue weighted by Gasteiger charge is -2.39. The number of aryl methyl sites for hydroxylation is 1.